The summed E-state index contributed by atoms with van der Waals surface area (Å²) in [5.74, 6) is 1.77. The van der Waals surface area contributed by atoms with Crippen molar-refractivity contribution in [2.45, 2.75) is 12.5 Å². The second-order valence-corrected chi connectivity index (χ2v) is 9.02. The Labute approximate surface area is 206 Å². The molecule has 0 amide bonds. The van der Waals surface area contributed by atoms with Gasteiger partial charge in [-0.3, -0.25) is 0 Å². The van der Waals surface area contributed by atoms with Gasteiger partial charge in [0.25, 0.3) is 0 Å². The standard InChI is InChI=1S/C33H26O2/c1-23-13-18-29-30(24-14-16-28(34-2)17-15-24)22-25-19-20-33(26-9-5-3-6-10-26,27-11-7-4-8-12-27)35-32(25)31(29)21-23/h3-22H,1-2H3. The third kappa shape index (κ3) is 3.59. The number of aryl methyl sites for hydroxylation is 1. The number of hydrogen-bond acceptors (Lipinski definition) is 2. The van der Waals surface area contributed by atoms with Gasteiger partial charge in [0.15, 0.2) is 5.60 Å². The Bertz CT molecular complexity index is 1490. The van der Waals surface area contributed by atoms with Crippen molar-refractivity contribution < 1.29 is 9.47 Å². The summed E-state index contributed by atoms with van der Waals surface area (Å²) in [7, 11) is 1.69. The van der Waals surface area contributed by atoms with E-state index in [1.165, 1.54) is 16.5 Å². The lowest BCUT2D eigenvalue weighted by molar-refractivity contribution is 0.163. The van der Waals surface area contributed by atoms with Crippen molar-refractivity contribution in [3.8, 4) is 22.6 Å². The number of methoxy groups -OCH3 is 1. The van der Waals surface area contributed by atoms with E-state index in [-0.39, 0.29) is 0 Å². The van der Waals surface area contributed by atoms with Crippen molar-refractivity contribution >= 4 is 16.8 Å². The van der Waals surface area contributed by atoms with E-state index in [1.807, 2.05) is 24.3 Å². The molecule has 35 heavy (non-hydrogen) atoms. The van der Waals surface area contributed by atoms with E-state index < -0.39 is 5.60 Å². The molecule has 0 saturated heterocycles. The van der Waals surface area contributed by atoms with E-state index in [0.717, 1.165) is 39.1 Å². The first kappa shape index (κ1) is 21.2. The molecule has 0 aromatic heterocycles. The highest BCUT2D eigenvalue weighted by molar-refractivity contribution is 6.03. The second kappa shape index (κ2) is 8.48. The molecule has 170 valence electrons. The van der Waals surface area contributed by atoms with Crippen molar-refractivity contribution in [2.75, 3.05) is 7.11 Å². The van der Waals surface area contributed by atoms with Gasteiger partial charge in [0.1, 0.15) is 11.5 Å². The summed E-state index contributed by atoms with van der Waals surface area (Å²) in [6.45, 7) is 2.13. The Balaban J connectivity index is 1.60. The molecule has 2 heteroatoms. The molecule has 1 aliphatic heterocycles. The lowest BCUT2D eigenvalue weighted by atomic mass is 9.82. The molecule has 5 aromatic rings. The Morgan fingerprint density at radius 2 is 1.34 bits per heavy atom. The number of benzene rings is 5. The zero-order valence-electron chi connectivity index (χ0n) is 19.9. The highest BCUT2D eigenvalue weighted by Gasteiger charge is 2.37. The van der Waals surface area contributed by atoms with E-state index in [2.05, 4.69) is 104 Å². The van der Waals surface area contributed by atoms with Crippen LogP contribution in [0, 0.1) is 6.92 Å². The van der Waals surface area contributed by atoms with Gasteiger partial charge < -0.3 is 9.47 Å². The van der Waals surface area contributed by atoms with Gasteiger partial charge in [-0.05, 0) is 53.8 Å². The maximum atomic E-state index is 7.08. The quantitative estimate of drug-likeness (QED) is 0.273. The summed E-state index contributed by atoms with van der Waals surface area (Å²) in [6.07, 6.45) is 4.41. The van der Waals surface area contributed by atoms with Gasteiger partial charge in [-0.1, -0.05) is 96.6 Å². The molecule has 0 spiro atoms. The normalized spacial score (nSPS) is 13.8. The molecule has 0 unspecified atom stereocenters. The Hall–Kier alpha value is -4.30. The van der Waals surface area contributed by atoms with Crippen LogP contribution >= 0.6 is 0 Å². The first-order valence-electron chi connectivity index (χ1n) is 11.9. The topological polar surface area (TPSA) is 18.5 Å². The van der Waals surface area contributed by atoms with Crippen LogP contribution in [0.5, 0.6) is 11.5 Å². The molecule has 5 aromatic carbocycles. The molecule has 0 radical (unpaired) electrons. The number of rotatable bonds is 4. The van der Waals surface area contributed by atoms with E-state index in [1.54, 1.807) is 7.11 Å². The third-order valence-corrected chi connectivity index (χ3v) is 6.84. The second-order valence-electron chi connectivity index (χ2n) is 9.02. The van der Waals surface area contributed by atoms with Crippen molar-refractivity contribution in [1.82, 2.24) is 0 Å². The highest BCUT2D eigenvalue weighted by atomic mass is 16.5. The Morgan fingerprint density at radius 1 is 0.686 bits per heavy atom. The first-order valence-corrected chi connectivity index (χ1v) is 11.9. The van der Waals surface area contributed by atoms with Gasteiger partial charge >= 0.3 is 0 Å². The summed E-state index contributed by atoms with van der Waals surface area (Å²) in [5, 5.41) is 2.29. The molecule has 0 saturated carbocycles. The minimum absolute atomic E-state index is 0.701. The van der Waals surface area contributed by atoms with Crippen molar-refractivity contribution in [3.63, 3.8) is 0 Å². The van der Waals surface area contributed by atoms with E-state index in [9.17, 15) is 0 Å². The average Bonchev–Trinajstić information content (AvgIpc) is 2.93. The van der Waals surface area contributed by atoms with Gasteiger partial charge in [0.2, 0.25) is 0 Å². The Kier molecular flexibility index (Phi) is 5.15. The van der Waals surface area contributed by atoms with Crippen LogP contribution in [0.25, 0.3) is 28.0 Å². The van der Waals surface area contributed by atoms with Crippen LogP contribution in [0.15, 0.2) is 115 Å². The van der Waals surface area contributed by atoms with Crippen molar-refractivity contribution in [2.24, 2.45) is 0 Å². The number of ether oxygens (including phenoxy) is 2. The van der Waals surface area contributed by atoms with E-state index in [0.29, 0.717) is 0 Å². The summed E-state index contributed by atoms with van der Waals surface area (Å²) in [4.78, 5) is 0. The van der Waals surface area contributed by atoms with Gasteiger partial charge in [0.05, 0.1) is 7.11 Å². The zero-order valence-corrected chi connectivity index (χ0v) is 19.9. The summed E-state index contributed by atoms with van der Waals surface area (Å²) in [6, 6.07) is 38.0. The van der Waals surface area contributed by atoms with Crippen LogP contribution in [-0.4, -0.2) is 7.11 Å². The molecule has 2 nitrogen and oxygen atoms in total. The van der Waals surface area contributed by atoms with Gasteiger partial charge in [-0.15, -0.1) is 0 Å². The third-order valence-electron chi connectivity index (χ3n) is 6.84. The number of hydrogen-bond donors (Lipinski definition) is 0. The van der Waals surface area contributed by atoms with Gasteiger partial charge in [-0.2, -0.15) is 0 Å². The zero-order chi connectivity index (χ0) is 23.8. The smallest absolute Gasteiger partial charge is 0.178 e. The van der Waals surface area contributed by atoms with E-state index >= 15 is 0 Å². The molecular formula is C33H26O2. The Morgan fingerprint density at radius 3 is 1.97 bits per heavy atom. The van der Waals surface area contributed by atoms with Crippen LogP contribution < -0.4 is 9.47 Å². The lowest BCUT2D eigenvalue weighted by Gasteiger charge is -2.37. The summed E-state index contributed by atoms with van der Waals surface area (Å²) in [5.41, 5.74) is 6.13. The monoisotopic (exact) mass is 454 g/mol. The van der Waals surface area contributed by atoms with Crippen molar-refractivity contribution in [3.05, 3.63) is 138 Å². The predicted molar refractivity (Wildman–Crippen MR) is 144 cm³/mol. The molecule has 0 bridgehead atoms. The molecule has 0 aliphatic carbocycles. The lowest BCUT2D eigenvalue weighted by Crippen LogP contribution is -2.34. The first-order chi connectivity index (χ1) is 17.2. The van der Waals surface area contributed by atoms with Crippen LogP contribution in [-0.2, 0) is 5.60 Å². The predicted octanol–water partition coefficient (Wildman–Crippen LogP) is 8.17. The molecule has 1 heterocycles. The summed E-state index contributed by atoms with van der Waals surface area (Å²) >= 11 is 0. The fraction of sp³-hybridized carbons (Fsp3) is 0.0909. The SMILES string of the molecule is COc1ccc(-c2cc3c(c4cc(C)ccc24)OC(c2ccccc2)(c2ccccc2)C=C3)cc1. The molecule has 0 fully saturated rings. The van der Waals surface area contributed by atoms with Crippen LogP contribution in [0.1, 0.15) is 22.3 Å². The van der Waals surface area contributed by atoms with E-state index in [4.69, 9.17) is 9.47 Å². The minimum Gasteiger partial charge on any atom is -0.497 e. The van der Waals surface area contributed by atoms with Crippen LogP contribution in [0.3, 0.4) is 0 Å². The van der Waals surface area contributed by atoms with Gasteiger partial charge in [-0.25, -0.2) is 0 Å². The average molecular weight is 455 g/mol. The van der Waals surface area contributed by atoms with Crippen molar-refractivity contribution in [1.29, 1.82) is 0 Å². The maximum Gasteiger partial charge on any atom is 0.178 e. The summed E-state index contributed by atoms with van der Waals surface area (Å²) < 4.78 is 12.5. The number of fused-ring (bicyclic) bond motifs is 3. The largest absolute Gasteiger partial charge is 0.497 e. The molecule has 1 aliphatic rings. The fourth-order valence-corrected chi connectivity index (χ4v) is 5.03. The molecular weight excluding hydrogens is 428 g/mol. The molecule has 0 atom stereocenters. The molecule has 6 rings (SSSR count). The van der Waals surface area contributed by atoms with Crippen LogP contribution in [0.2, 0.25) is 0 Å². The van der Waals surface area contributed by atoms with Gasteiger partial charge in [0, 0.05) is 22.1 Å². The molecule has 0 N–H and O–H groups in total. The highest BCUT2D eigenvalue weighted by Crippen LogP contribution is 2.47. The van der Waals surface area contributed by atoms with Crippen LogP contribution in [0.4, 0.5) is 0 Å². The fourth-order valence-electron chi connectivity index (χ4n) is 5.03. The minimum atomic E-state index is -0.701. The maximum absolute atomic E-state index is 7.08.